The van der Waals surface area contributed by atoms with Gasteiger partial charge < -0.3 is 5.32 Å². The van der Waals surface area contributed by atoms with Gasteiger partial charge in [0.05, 0.1) is 51.9 Å². The number of hydrogen-bond acceptors (Lipinski definition) is 5. The number of carbonyl (C=O) groups is 1. The van der Waals surface area contributed by atoms with Gasteiger partial charge >= 0.3 is 0 Å². The minimum atomic E-state index is -0.515. The molecule has 41 heavy (non-hydrogen) atoms. The van der Waals surface area contributed by atoms with Gasteiger partial charge in [0.2, 0.25) is 0 Å². The number of nitrogens with zero attached hydrogens (tertiary/aromatic N) is 6. The number of hydrogen-bond donors (Lipinski definition) is 1. The Balaban J connectivity index is 1.48. The summed E-state index contributed by atoms with van der Waals surface area (Å²) in [5, 5.41) is 13.0. The molecule has 0 spiro atoms. The van der Waals surface area contributed by atoms with Gasteiger partial charge in [-0.2, -0.15) is 10.2 Å². The van der Waals surface area contributed by atoms with E-state index < -0.39 is 6.04 Å². The highest BCUT2D eigenvalue weighted by Gasteiger charge is 2.23. The predicted octanol–water partition coefficient (Wildman–Crippen LogP) is 4.27. The van der Waals surface area contributed by atoms with Crippen LogP contribution in [0.15, 0.2) is 84.2 Å². The van der Waals surface area contributed by atoms with Crippen LogP contribution in [-0.2, 0) is 7.05 Å². The lowest BCUT2D eigenvalue weighted by molar-refractivity contribution is 0.0939. The van der Waals surface area contributed by atoms with Crippen molar-refractivity contribution in [3.05, 3.63) is 124 Å². The fraction of sp³-hybridized carbons (Fsp3) is 0.156. The molecule has 0 saturated carbocycles. The molecule has 1 N–H and O–H groups in total. The summed E-state index contributed by atoms with van der Waals surface area (Å²) in [5.41, 5.74) is 5.15. The number of aryl methyl sites for hydroxylation is 2. The van der Waals surface area contributed by atoms with Crippen LogP contribution in [-0.4, -0.2) is 34.9 Å². The molecule has 2 aromatic carbocycles. The van der Waals surface area contributed by atoms with Crippen LogP contribution in [0.1, 0.15) is 51.5 Å². The number of amides is 1. The average Bonchev–Trinajstić information content (AvgIpc) is 3.49. The second-order valence-electron chi connectivity index (χ2n) is 9.89. The predicted molar refractivity (Wildman–Crippen MR) is 157 cm³/mol. The summed E-state index contributed by atoms with van der Waals surface area (Å²) in [6.07, 6.45) is 6.66. The van der Waals surface area contributed by atoms with Gasteiger partial charge in [0.25, 0.3) is 11.5 Å². The molecule has 0 aliphatic carbocycles. The van der Waals surface area contributed by atoms with Crippen LogP contribution in [0.3, 0.4) is 0 Å². The minimum Gasteiger partial charge on any atom is -0.344 e. The number of pyridine rings is 1. The molecule has 0 aliphatic heterocycles. The molecule has 6 rings (SSSR count). The van der Waals surface area contributed by atoms with Crippen molar-refractivity contribution in [2.75, 3.05) is 0 Å². The van der Waals surface area contributed by atoms with Gasteiger partial charge in [0, 0.05) is 36.4 Å². The number of benzene rings is 2. The summed E-state index contributed by atoms with van der Waals surface area (Å²) in [5.74, 6) is 6.08. The van der Waals surface area contributed by atoms with Crippen LogP contribution in [0.25, 0.3) is 22.0 Å². The Bertz CT molecular complexity index is 2070. The van der Waals surface area contributed by atoms with Crippen molar-refractivity contribution in [3.8, 4) is 17.5 Å². The third kappa shape index (κ3) is 4.55. The van der Waals surface area contributed by atoms with E-state index in [2.05, 4.69) is 32.3 Å². The van der Waals surface area contributed by atoms with Gasteiger partial charge in [0.15, 0.2) is 0 Å². The van der Waals surface area contributed by atoms with E-state index in [1.54, 1.807) is 45.5 Å². The van der Waals surface area contributed by atoms with Gasteiger partial charge in [-0.05, 0) is 50.4 Å². The molecule has 0 unspecified atom stereocenters. The van der Waals surface area contributed by atoms with E-state index in [9.17, 15) is 9.59 Å². The van der Waals surface area contributed by atoms with Crippen LogP contribution in [0, 0.1) is 25.7 Å². The standard InChI is InChI=1S/C32H27N7O2/c1-20(35-31(40)29-21(2)36-38-16-15-33-19-28(29)38)27-17-24-10-8-9-23(13-14-25-18-34-37(4)22(25)3)30(24)32(41)39(27)26-11-6-5-7-12-26/h5-12,15-20H,1-4H3,(H,35,40)/t20-/m0/s1. The molecule has 6 aromatic rings. The van der Waals surface area contributed by atoms with Gasteiger partial charge in [-0.15, -0.1) is 0 Å². The largest absolute Gasteiger partial charge is 0.344 e. The highest BCUT2D eigenvalue weighted by Crippen LogP contribution is 2.24. The Hall–Kier alpha value is -5.49. The van der Waals surface area contributed by atoms with Crippen LogP contribution in [0.4, 0.5) is 0 Å². The van der Waals surface area contributed by atoms with Crippen LogP contribution < -0.4 is 10.9 Å². The van der Waals surface area contributed by atoms with Crippen LogP contribution >= 0.6 is 0 Å². The monoisotopic (exact) mass is 541 g/mol. The first-order valence-electron chi connectivity index (χ1n) is 13.2. The third-order valence-electron chi connectivity index (χ3n) is 7.29. The second kappa shape index (κ2) is 10.2. The van der Waals surface area contributed by atoms with E-state index in [-0.39, 0.29) is 11.5 Å². The molecular formula is C32H27N7O2. The molecule has 4 heterocycles. The number of para-hydroxylation sites is 1. The maximum atomic E-state index is 14.2. The Morgan fingerprint density at radius 2 is 1.78 bits per heavy atom. The molecule has 0 bridgehead atoms. The fourth-order valence-electron chi connectivity index (χ4n) is 5.05. The van der Waals surface area contributed by atoms with Crippen molar-refractivity contribution >= 4 is 22.2 Å². The number of aromatic nitrogens is 6. The average molecular weight is 542 g/mol. The minimum absolute atomic E-state index is 0.214. The van der Waals surface area contributed by atoms with Crippen molar-refractivity contribution < 1.29 is 4.79 Å². The Kier molecular flexibility index (Phi) is 6.44. The number of carbonyl (C=O) groups excluding carboxylic acids is 1. The molecule has 0 fully saturated rings. The topological polar surface area (TPSA) is 99.1 Å². The number of rotatable bonds is 4. The first-order chi connectivity index (χ1) is 19.8. The van der Waals surface area contributed by atoms with E-state index in [1.165, 1.54) is 0 Å². The highest BCUT2D eigenvalue weighted by atomic mass is 16.2. The maximum absolute atomic E-state index is 14.2. The lowest BCUT2D eigenvalue weighted by atomic mass is 10.0. The quantitative estimate of drug-likeness (QED) is 0.336. The summed E-state index contributed by atoms with van der Waals surface area (Å²) in [6.45, 7) is 5.61. The van der Waals surface area contributed by atoms with Gasteiger partial charge in [-0.3, -0.25) is 23.8 Å². The SMILES string of the molecule is Cc1nn2ccncc2c1C(=O)N[C@@H](C)c1cc2cccc(C#Cc3cnn(C)c3C)c2c(=O)n1-c1ccccc1. The first-order valence-corrected chi connectivity index (χ1v) is 13.2. The van der Waals surface area contributed by atoms with Crippen LogP contribution in [0.2, 0.25) is 0 Å². The number of fused-ring (bicyclic) bond motifs is 2. The zero-order chi connectivity index (χ0) is 28.7. The van der Waals surface area contributed by atoms with Crippen molar-refractivity contribution in [2.45, 2.75) is 26.8 Å². The van der Waals surface area contributed by atoms with E-state index in [4.69, 9.17) is 0 Å². The zero-order valence-corrected chi connectivity index (χ0v) is 23.1. The van der Waals surface area contributed by atoms with E-state index in [0.29, 0.717) is 39.1 Å². The molecule has 1 amide bonds. The van der Waals surface area contributed by atoms with Crippen molar-refractivity contribution in [2.24, 2.45) is 7.05 Å². The smallest absolute Gasteiger partial charge is 0.264 e. The Morgan fingerprint density at radius 3 is 2.54 bits per heavy atom. The molecule has 0 radical (unpaired) electrons. The molecule has 0 aliphatic rings. The number of nitrogens with one attached hydrogen (secondary N) is 1. The molecule has 202 valence electrons. The van der Waals surface area contributed by atoms with Crippen molar-refractivity contribution in [1.82, 2.24) is 34.3 Å². The van der Waals surface area contributed by atoms with E-state index >= 15 is 0 Å². The maximum Gasteiger partial charge on any atom is 0.264 e. The molecular weight excluding hydrogens is 514 g/mol. The summed E-state index contributed by atoms with van der Waals surface area (Å²) >= 11 is 0. The van der Waals surface area contributed by atoms with Gasteiger partial charge in [-0.1, -0.05) is 42.2 Å². The fourth-order valence-corrected chi connectivity index (χ4v) is 5.05. The van der Waals surface area contributed by atoms with E-state index in [1.807, 2.05) is 75.5 Å². The Morgan fingerprint density at radius 1 is 1.00 bits per heavy atom. The van der Waals surface area contributed by atoms with Crippen molar-refractivity contribution in [1.29, 1.82) is 0 Å². The Labute approximate surface area is 236 Å². The highest BCUT2D eigenvalue weighted by molar-refractivity contribution is 6.02. The second-order valence-corrected chi connectivity index (χ2v) is 9.89. The van der Waals surface area contributed by atoms with Crippen LogP contribution in [0.5, 0.6) is 0 Å². The molecule has 0 saturated heterocycles. The van der Waals surface area contributed by atoms with Gasteiger partial charge in [-0.25, -0.2) is 4.52 Å². The molecule has 4 aromatic heterocycles. The summed E-state index contributed by atoms with van der Waals surface area (Å²) in [4.78, 5) is 31.9. The van der Waals surface area contributed by atoms with Gasteiger partial charge in [0.1, 0.15) is 0 Å². The van der Waals surface area contributed by atoms with E-state index in [0.717, 1.165) is 16.6 Å². The summed E-state index contributed by atoms with van der Waals surface area (Å²) in [7, 11) is 1.87. The molecule has 9 heteroatoms. The lowest BCUT2D eigenvalue weighted by Gasteiger charge is -2.21. The van der Waals surface area contributed by atoms with Crippen molar-refractivity contribution in [3.63, 3.8) is 0 Å². The first kappa shape index (κ1) is 25.8. The zero-order valence-electron chi connectivity index (χ0n) is 23.1. The summed E-state index contributed by atoms with van der Waals surface area (Å²) < 4.78 is 5.05. The molecule has 9 nitrogen and oxygen atoms in total. The summed E-state index contributed by atoms with van der Waals surface area (Å²) in [6, 6.07) is 16.5. The lowest BCUT2D eigenvalue weighted by Crippen LogP contribution is -2.32. The molecule has 1 atom stereocenters. The normalized spacial score (nSPS) is 11.8. The third-order valence-corrected chi connectivity index (χ3v) is 7.29.